The lowest BCUT2D eigenvalue weighted by atomic mass is 9.66. The summed E-state index contributed by atoms with van der Waals surface area (Å²) in [7, 11) is 4.13. The van der Waals surface area contributed by atoms with Gasteiger partial charge in [-0.15, -0.1) is 0 Å². The molecule has 0 aromatic carbocycles. The molecule has 0 aliphatic heterocycles. The van der Waals surface area contributed by atoms with Crippen LogP contribution < -0.4 is 5.32 Å². The van der Waals surface area contributed by atoms with Crippen molar-refractivity contribution in [1.29, 1.82) is 0 Å². The van der Waals surface area contributed by atoms with E-state index in [9.17, 15) is 0 Å². The summed E-state index contributed by atoms with van der Waals surface area (Å²) in [6, 6.07) is 2.15. The first kappa shape index (κ1) is 14.6. The molecule has 0 radical (unpaired) electrons. The minimum atomic E-state index is 0.529. The maximum atomic E-state index is 4.27. The molecule has 3 nitrogen and oxygen atoms in total. The third-order valence-electron chi connectivity index (χ3n) is 4.83. The van der Waals surface area contributed by atoms with Crippen LogP contribution in [0.3, 0.4) is 0 Å². The Balaban J connectivity index is 1.95. The summed E-state index contributed by atoms with van der Waals surface area (Å²) in [6.07, 6.45) is 8.50. The van der Waals surface area contributed by atoms with Crippen molar-refractivity contribution in [1.82, 2.24) is 15.1 Å². The highest BCUT2D eigenvalue weighted by Gasteiger charge is 2.34. The Bertz CT molecular complexity index is 394. The molecular formula is C16H29N3. The Labute approximate surface area is 117 Å². The second-order valence-corrected chi connectivity index (χ2v) is 6.97. The third kappa shape index (κ3) is 3.82. The number of aryl methyl sites for hydroxylation is 2. The van der Waals surface area contributed by atoms with Crippen molar-refractivity contribution < 1.29 is 0 Å². The number of hydrogen-bond donors (Lipinski definition) is 1. The highest BCUT2D eigenvalue weighted by atomic mass is 15.2. The van der Waals surface area contributed by atoms with Gasteiger partial charge in [-0.2, -0.15) is 5.10 Å². The molecule has 2 atom stereocenters. The normalized spacial score (nSPS) is 26.5. The first-order chi connectivity index (χ1) is 9.02. The van der Waals surface area contributed by atoms with Crippen LogP contribution in [0.15, 0.2) is 12.3 Å². The maximum absolute atomic E-state index is 4.27. The quantitative estimate of drug-likeness (QED) is 0.885. The summed E-state index contributed by atoms with van der Waals surface area (Å²) in [5, 5.41) is 7.65. The Kier molecular flexibility index (Phi) is 4.67. The Morgan fingerprint density at radius 1 is 1.42 bits per heavy atom. The van der Waals surface area contributed by atoms with Crippen LogP contribution in [0.2, 0.25) is 0 Å². The van der Waals surface area contributed by atoms with Gasteiger partial charge >= 0.3 is 0 Å². The van der Waals surface area contributed by atoms with E-state index in [1.54, 1.807) is 0 Å². The zero-order valence-corrected chi connectivity index (χ0v) is 12.9. The average Bonchev–Trinajstić information content (AvgIpc) is 2.75. The summed E-state index contributed by atoms with van der Waals surface area (Å²) < 4.78 is 2.01. The molecule has 3 heteroatoms. The van der Waals surface area contributed by atoms with Crippen molar-refractivity contribution in [2.24, 2.45) is 24.3 Å². The smallest absolute Gasteiger partial charge is 0.0492 e. The predicted molar refractivity (Wildman–Crippen MR) is 80.1 cm³/mol. The average molecular weight is 263 g/mol. The second kappa shape index (κ2) is 6.08. The lowest BCUT2D eigenvalue weighted by Crippen LogP contribution is -2.35. The monoisotopic (exact) mass is 263 g/mol. The molecule has 0 amide bonds. The molecule has 0 bridgehead atoms. The van der Waals surface area contributed by atoms with Crippen molar-refractivity contribution in [3.63, 3.8) is 0 Å². The molecule has 0 spiro atoms. The standard InChI is InChI=1S/C16H29N3/c1-16(2)9-7-14(12-17-3)13(11-16)5-6-15-8-10-18-19(15)4/h8,10,13-14,17H,5-7,9,11-12H2,1-4H3. The molecular weight excluding hydrogens is 234 g/mol. The van der Waals surface area contributed by atoms with E-state index in [0.717, 1.165) is 18.3 Å². The predicted octanol–water partition coefficient (Wildman–Crippen LogP) is 3.01. The van der Waals surface area contributed by atoms with Gasteiger partial charge in [-0.3, -0.25) is 4.68 Å². The van der Waals surface area contributed by atoms with Gasteiger partial charge < -0.3 is 5.32 Å². The lowest BCUT2D eigenvalue weighted by molar-refractivity contribution is 0.111. The second-order valence-electron chi connectivity index (χ2n) is 6.97. The summed E-state index contributed by atoms with van der Waals surface area (Å²) in [5.74, 6) is 1.71. The lowest BCUT2D eigenvalue weighted by Gasteiger charge is -2.41. The molecule has 1 aliphatic carbocycles. The Morgan fingerprint density at radius 3 is 2.84 bits per heavy atom. The number of hydrogen-bond acceptors (Lipinski definition) is 2. The van der Waals surface area contributed by atoms with E-state index < -0.39 is 0 Å². The SMILES string of the molecule is CNCC1CCC(C)(C)CC1CCc1ccnn1C. The van der Waals surface area contributed by atoms with E-state index in [1.165, 1.54) is 37.9 Å². The van der Waals surface area contributed by atoms with Gasteiger partial charge in [-0.05, 0) is 69.0 Å². The fraction of sp³-hybridized carbons (Fsp3) is 0.812. The van der Waals surface area contributed by atoms with Crippen LogP contribution in [0.1, 0.15) is 45.2 Å². The number of rotatable bonds is 5. The summed E-state index contributed by atoms with van der Waals surface area (Å²) in [6.45, 7) is 6.03. The van der Waals surface area contributed by atoms with Crippen LogP contribution in [0.5, 0.6) is 0 Å². The van der Waals surface area contributed by atoms with Crippen molar-refractivity contribution in [2.75, 3.05) is 13.6 Å². The largest absolute Gasteiger partial charge is 0.319 e. The number of aromatic nitrogens is 2. The minimum Gasteiger partial charge on any atom is -0.319 e. The van der Waals surface area contributed by atoms with Gasteiger partial charge in [-0.1, -0.05) is 13.8 Å². The highest BCUT2D eigenvalue weighted by molar-refractivity contribution is 5.00. The van der Waals surface area contributed by atoms with Crippen molar-refractivity contribution in [2.45, 2.75) is 46.0 Å². The van der Waals surface area contributed by atoms with Crippen molar-refractivity contribution in [3.8, 4) is 0 Å². The van der Waals surface area contributed by atoms with E-state index in [2.05, 4.69) is 37.4 Å². The third-order valence-corrected chi connectivity index (χ3v) is 4.83. The first-order valence-electron chi connectivity index (χ1n) is 7.63. The van der Waals surface area contributed by atoms with E-state index in [0.29, 0.717) is 5.41 Å². The zero-order chi connectivity index (χ0) is 13.9. The van der Waals surface area contributed by atoms with Gasteiger partial charge in [0.25, 0.3) is 0 Å². The van der Waals surface area contributed by atoms with Crippen LogP contribution in [0.25, 0.3) is 0 Å². The molecule has 108 valence electrons. The van der Waals surface area contributed by atoms with Gasteiger partial charge in [0, 0.05) is 18.9 Å². The summed E-state index contributed by atoms with van der Waals surface area (Å²) in [4.78, 5) is 0. The number of nitrogens with zero attached hydrogens (tertiary/aromatic N) is 2. The number of nitrogens with one attached hydrogen (secondary N) is 1. The van der Waals surface area contributed by atoms with E-state index >= 15 is 0 Å². The fourth-order valence-electron chi connectivity index (χ4n) is 3.64. The molecule has 1 heterocycles. The molecule has 1 fully saturated rings. The minimum absolute atomic E-state index is 0.529. The molecule has 1 saturated carbocycles. The zero-order valence-electron chi connectivity index (χ0n) is 12.9. The topological polar surface area (TPSA) is 29.9 Å². The van der Waals surface area contributed by atoms with E-state index in [4.69, 9.17) is 0 Å². The van der Waals surface area contributed by atoms with Crippen LogP contribution in [0.4, 0.5) is 0 Å². The molecule has 19 heavy (non-hydrogen) atoms. The van der Waals surface area contributed by atoms with Crippen LogP contribution in [0, 0.1) is 17.3 Å². The van der Waals surface area contributed by atoms with E-state index in [1.807, 2.05) is 17.9 Å². The molecule has 1 aliphatic rings. The van der Waals surface area contributed by atoms with Crippen LogP contribution >= 0.6 is 0 Å². The molecule has 1 aromatic rings. The maximum Gasteiger partial charge on any atom is 0.0492 e. The Hall–Kier alpha value is -0.830. The van der Waals surface area contributed by atoms with Crippen LogP contribution in [-0.2, 0) is 13.5 Å². The van der Waals surface area contributed by atoms with Crippen molar-refractivity contribution in [3.05, 3.63) is 18.0 Å². The summed E-state index contributed by atoms with van der Waals surface area (Å²) in [5.41, 5.74) is 1.90. The summed E-state index contributed by atoms with van der Waals surface area (Å²) >= 11 is 0. The highest BCUT2D eigenvalue weighted by Crippen LogP contribution is 2.43. The first-order valence-corrected chi connectivity index (χ1v) is 7.63. The van der Waals surface area contributed by atoms with Crippen LogP contribution in [-0.4, -0.2) is 23.4 Å². The van der Waals surface area contributed by atoms with Gasteiger partial charge in [0.1, 0.15) is 0 Å². The molecule has 1 aromatic heterocycles. The van der Waals surface area contributed by atoms with Gasteiger partial charge in [0.05, 0.1) is 0 Å². The van der Waals surface area contributed by atoms with Gasteiger partial charge in [0.15, 0.2) is 0 Å². The molecule has 0 saturated heterocycles. The Morgan fingerprint density at radius 2 is 2.21 bits per heavy atom. The van der Waals surface area contributed by atoms with Gasteiger partial charge in [0.2, 0.25) is 0 Å². The van der Waals surface area contributed by atoms with Crippen molar-refractivity contribution >= 4 is 0 Å². The van der Waals surface area contributed by atoms with E-state index in [-0.39, 0.29) is 0 Å². The molecule has 2 unspecified atom stereocenters. The molecule has 1 N–H and O–H groups in total. The van der Waals surface area contributed by atoms with Gasteiger partial charge in [-0.25, -0.2) is 0 Å². The fourth-order valence-corrected chi connectivity index (χ4v) is 3.64. The molecule has 2 rings (SSSR count).